The van der Waals surface area contributed by atoms with Gasteiger partial charge < -0.3 is 10.0 Å². The Kier molecular flexibility index (Phi) is 3.47. The Labute approximate surface area is 107 Å². The van der Waals surface area contributed by atoms with E-state index in [4.69, 9.17) is 5.11 Å². The smallest absolute Gasteiger partial charge is 0.407 e. The second kappa shape index (κ2) is 4.87. The van der Waals surface area contributed by atoms with Gasteiger partial charge >= 0.3 is 6.09 Å². The number of carbonyl (C=O) groups excluding carboxylic acids is 1. The molecule has 17 heavy (non-hydrogen) atoms. The molecule has 0 heterocycles. The van der Waals surface area contributed by atoms with Gasteiger partial charge in [-0.2, -0.15) is 0 Å². The van der Waals surface area contributed by atoms with Crippen LogP contribution in [0.15, 0.2) is 24.3 Å². The second-order valence-corrected chi connectivity index (χ2v) is 4.79. The molecule has 1 aromatic rings. The lowest BCUT2D eigenvalue weighted by molar-refractivity contribution is 0.109. The summed E-state index contributed by atoms with van der Waals surface area (Å²) in [5, 5.41) is 9.10. The molecule has 5 heteroatoms. The fraction of sp³-hybridized carbons (Fsp3) is 0.333. The monoisotopic (exact) mass is 297 g/mol. The molecule has 1 aliphatic carbocycles. The molecule has 1 saturated carbocycles. The van der Waals surface area contributed by atoms with Gasteiger partial charge in [-0.3, -0.25) is 4.79 Å². The molecule has 0 bridgehead atoms. The molecule has 0 spiro atoms. The van der Waals surface area contributed by atoms with Crippen LogP contribution < -0.4 is 0 Å². The Morgan fingerprint density at radius 1 is 1.35 bits per heavy atom. The van der Waals surface area contributed by atoms with Crippen LogP contribution in [-0.4, -0.2) is 26.8 Å². The minimum absolute atomic E-state index is 0.117. The number of hydrogen-bond donors (Lipinski definition) is 1. The average molecular weight is 298 g/mol. The van der Waals surface area contributed by atoms with Gasteiger partial charge in [-0.25, -0.2) is 4.79 Å². The van der Waals surface area contributed by atoms with Crippen molar-refractivity contribution in [3.63, 3.8) is 0 Å². The first kappa shape index (κ1) is 12.1. The molecule has 0 aliphatic heterocycles. The predicted molar refractivity (Wildman–Crippen MR) is 66.3 cm³/mol. The Balaban J connectivity index is 2.22. The van der Waals surface area contributed by atoms with E-state index in [1.54, 1.807) is 18.2 Å². The molecule has 0 unspecified atom stereocenters. The van der Waals surface area contributed by atoms with Crippen molar-refractivity contribution in [1.29, 1.82) is 0 Å². The van der Waals surface area contributed by atoms with E-state index >= 15 is 0 Å². The number of carbonyl (C=O) groups is 2. The van der Waals surface area contributed by atoms with Gasteiger partial charge in [0.2, 0.25) is 4.69 Å². The van der Waals surface area contributed by atoms with Gasteiger partial charge in [0.25, 0.3) is 0 Å². The molecule has 0 radical (unpaired) electrons. The number of carboxylic acid groups (broad SMARTS) is 1. The van der Waals surface area contributed by atoms with Gasteiger partial charge in [0, 0.05) is 11.6 Å². The Morgan fingerprint density at radius 3 is 2.53 bits per heavy atom. The lowest BCUT2D eigenvalue weighted by Crippen LogP contribution is -2.31. The van der Waals surface area contributed by atoms with Gasteiger partial charge in [0.05, 0.1) is 6.54 Å². The highest BCUT2D eigenvalue weighted by Crippen LogP contribution is 2.29. The van der Waals surface area contributed by atoms with Gasteiger partial charge in [0.1, 0.15) is 0 Å². The quantitative estimate of drug-likeness (QED) is 0.870. The highest BCUT2D eigenvalue weighted by Gasteiger charge is 2.32. The molecule has 0 saturated heterocycles. The fourth-order valence-corrected chi connectivity index (χ4v) is 2.16. The summed E-state index contributed by atoms with van der Waals surface area (Å²) in [4.78, 5) is 23.8. The van der Waals surface area contributed by atoms with E-state index in [-0.39, 0.29) is 17.3 Å². The van der Waals surface area contributed by atoms with Crippen molar-refractivity contribution in [3.8, 4) is 0 Å². The van der Waals surface area contributed by atoms with E-state index in [2.05, 4.69) is 15.9 Å². The van der Waals surface area contributed by atoms with Crippen LogP contribution in [0.2, 0.25) is 0 Å². The van der Waals surface area contributed by atoms with E-state index in [1.165, 1.54) is 4.90 Å². The van der Waals surface area contributed by atoms with Gasteiger partial charge in [-0.15, -0.1) is 0 Å². The summed E-state index contributed by atoms with van der Waals surface area (Å²) in [5.41, 5.74) is 1.27. The number of hydrogen-bond acceptors (Lipinski definition) is 2. The zero-order valence-corrected chi connectivity index (χ0v) is 10.7. The first-order chi connectivity index (χ1) is 8.09. The third-order valence-electron chi connectivity index (χ3n) is 2.80. The van der Waals surface area contributed by atoms with Crippen LogP contribution in [0.1, 0.15) is 28.8 Å². The first-order valence-corrected chi connectivity index (χ1v) is 6.16. The minimum Gasteiger partial charge on any atom is -0.465 e. The van der Waals surface area contributed by atoms with Crippen LogP contribution >= 0.6 is 15.9 Å². The summed E-state index contributed by atoms with van der Waals surface area (Å²) < 4.78 is -0.214. The molecule has 1 fully saturated rings. The number of halogens is 1. The highest BCUT2D eigenvalue weighted by atomic mass is 79.9. The first-order valence-electron chi connectivity index (χ1n) is 5.37. The topological polar surface area (TPSA) is 57.6 Å². The molecule has 4 nitrogen and oxygen atoms in total. The van der Waals surface area contributed by atoms with Gasteiger partial charge in [-0.05, 0) is 34.3 Å². The zero-order chi connectivity index (χ0) is 12.4. The molecule has 1 aliphatic rings. The van der Waals surface area contributed by atoms with Crippen LogP contribution in [-0.2, 0) is 6.54 Å². The molecule has 1 amide bonds. The van der Waals surface area contributed by atoms with Crippen LogP contribution in [0.25, 0.3) is 0 Å². The van der Waals surface area contributed by atoms with Crippen LogP contribution in [0, 0.1) is 0 Å². The third-order valence-corrected chi connectivity index (χ3v) is 3.23. The summed E-state index contributed by atoms with van der Waals surface area (Å²) in [6.45, 7) is 0.271. The van der Waals surface area contributed by atoms with Crippen molar-refractivity contribution in [2.24, 2.45) is 0 Å². The SMILES string of the molecule is O=C(Br)c1ccccc1CN(C(=O)O)C1CC1. The Hall–Kier alpha value is -1.36. The average Bonchev–Trinajstić information content (AvgIpc) is 3.09. The van der Waals surface area contributed by atoms with Crippen molar-refractivity contribution in [1.82, 2.24) is 4.90 Å². The van der Waals surface area contributed by atoms with E-state index in [1.807, 2.05) is 6.07 Å². The van der Waals surface area contributed by atoms with Crippen molar-refractivity contribution < 1.29 is 14.7 Å². The van der Waals surface area contributed by atoms with E-state index in [0.29, 0.717) is 5.56 Å². The Morgan fingerprint density at radius 2 is 2.00 bits per heavy atom. The summed E-state index contributed by atoms with van der Waals surface area (Å²) in [6, 6.07) is 7.17. The minimum atomic E-state index is -0.927. The molecular weight excluding hydrogens is 286 g/mol. The maximum Gasteiger partial charge on any atom is 0.407 e. The maximum atomic E-state index is 11.4. The molecule has 1 aromatic carbocycles. The van der Waals surface area contributed by atoms with Crippen molar-refractivity contribution in [2.75, 3.05) is 0 Å². The summed E-state index contributed by atoms with van der Waals surface area (Å²) in [6.07, 6.45) is 0.900. The molecular formula is C12H12BrNO3. The van der Waals surface area contributed by atoms with E-state index in [9.17, 15) is 9.59 Å². The number of rotatable bonds is 4. The lowest BCUT2D eigenvalue weighted by Gasteiger charge is -2.19. The van der Waals surface area contributed by atoms with Crippen molar-refractivity contribution in [2.45, 2.75) is 25.4 Å². The van der Waals surface area contributed by atoms with Gasteiger partial charge in [0.15, 0.2) is 0 Å². The largest absolute Gasteiger partial charge is 0.465 e. The maximum absolute atomic E-state index is 11.4. The van der Waals surface area contributed by atoms with Crippen molar-refractivity contribution >= 4 is 26.7 Å². The number of benzene rings is 1. The highest BCUT2D eigenvalue weighted by molar-refractivity contribution is 9.18. The molecule has 0 aromatic heterocycles. The van der Waals surface area contributed by atoms with Crippen LogP contribution in [0.4, 0.5) is 4.79 Å². The van der Waals surface area contributed by atoms with Gasteiger partial charge in [-0.1, -0.05) is 24.3 Å². The standard InChI is InChI=1S/C12H12BrNO3/c13-11(15)10-4-2-1-3-8(10)7-14(12(16)17)9-5-6-9/h1-4,9H,5-7H2,(H,16,17). The summed E-state index contributed by atoms with van der Waals surface area (Å²) in [7, 11) is 0. The normalized spacial score (nSPS) is 14.4. The zero-order valence-electron chi connectivity index (χ0n) is 9.10. The fourth-order valence-electron chi connectivity index (χ4n) is 1.77. The summed E-state index contributed by atoms with van der Waals surface area (Å²) >= 11 is 2.91. The van der Waals surface area contributed by atoms with Crippen LogP contribution in [0.5, 0.6) is 0 Å². The van der Waals surface area contributed by atoms with E-state index < -0.39 is 6.09 Å². The van der Waals surface area contributed by atoms with Crippen molar-refractivity contribution in [3.05, 3.63) is 35.4 Å². The predicted octanol–water partition coefficient (Wildman–Crippen LogP) is 2.86. The van der Waals surface area contributed by atoms with Crippen LogP contribution in [0.3, 0.4) is 0 Å². The Bertz CT molecular complexity index is 457. The third kappa shape index (κ3) is 2.85. The number of amides is 1. The number of nitrogens with zero attached hydrogens (tertiary/aromatic N) is 1. The summed E-state index contributed by atoms with van der Waals surface area (Å²) in [5.74, 6) is 0. The second-order valence-electron chi connectivity index (χ2n) is 4.07. The lowest BCUT2D eigenvalue weighted by atomic mass is 10.1. The molecule has 0 atom stereocenters. The van der Waals surface area contributed by atoms with E-state index in [0.717, 1.165) is 18.4 Å². The molecule has 1 N–H and O–H groups in total. The molecule has 2 rings (SSSR count). The molecule has 90 valence electrons.